The molecule has 0 amide bonds. The molecule has 1 aliphatic heterocycles. The molecular weight excluding hydrogens is 398 g/mol. The van der Waals surface area contributed by atoms with E-state index in [1.807, 2.05) is 31.2 Å². The van der Waals surface area contributed by atoms with Gasteiger partial charge in [-0.05, 0) is 50.1 Å². The Bertz CT molecular complexity index is 1170. The smallest absolute Gasteiger partial charge is 0.217 e. The maximum atomic E-state index is 12.1. The van der Waals surface area contributed by atoms with Gasteiger partial charge in [0.05, 0.1) is 16.9 Å². The number of hydrogen-bond donors (Lipinski definition) is 1. The Morgan fingerprint density at radius 1 is 1.27 bits per heavy atom. The van der Waals surface area contributed by atoms with Gasteiger partial charge in [0.2, 0.25) is 5.88 Å². The number of fused-ring (bicyclic) bond motifs is 1. The predicted molar refractivity (Wildman–Crippen MR) is 120 cm³/mol. The van der Waals surface area contributed by atoms with Gasteiger partial charge in [0.15, 0.2) is 0 Å². The molecular formula is C22H27N5O2S. The van der Waals surface area contributed by atoms with Crippen molar-refractivity contribution in [2.75, 3.05) is 25.6 Å². The van der Waals surface area contributed by atoms with Gasteiger partial charge in [-0.2, -0.15) is 4.36 Å². The summed E-state index contributed by atoms with van der Waals surface area (Å²) in [5, 5.41) is 4.36. The highest BCUT2D eigenvalue weighted by atomic mass is 32.2. The molecule has 0 saturated carbocycles. The minimum absolute atomic E-state index is 0.137. The first-order valence-electron chi connectivity index (χ1n) is 10.1. The molecule has 2 aromatic heterocycles. The Balaban J connectivity index is 1.69. The lowest BCUT2D eigenvalue weighted by Crippen LogP contribution is -2.37. The van der Waals surface area contributed by atoms with Gasteiger partial charge < -0.3 is 10.1 Å². The molecule has 7 nitrogen and oxygen atoms in total. The SMILES string of the molecule is Cc1cc(N=S(C)(C)=O)cc2ncnc(Cc3cccnc3O[C@@H]3CCCNC3)c12. The number of nitrogens with one attached hydrogen (secondary N) is 1. The minimum atomic E-state index is -2.24. The number of pyridine rings is 1. The van der Waals surface area contributed by atoms with Crippen molar-refractivity contribution < 1.29 is 8.95 Å². The molecule has 1 saturated heterocycles. The van der Waals surface area contributed by atoms with Gasteiger partial charge >= 0.3 is 0 Å². The van der Waals surface area contributed by atoms with Crippen molar-refractivity contribution >= 4 is 26.3 Å². The maximum absolute atomic E-state index is 12.1. The lowest BCUT2D eigenvalue weighted by atomic mass is 10.0. The van der Waals surface area contributed by atoms with Crippen LogP contribution < -0.4 is 10.1 Å². The molecule has 0 spiro atoms. The van der Waals surface area contributed by atoms with Crippen LogP contribution in [0.4, 0.5) is 5.69 Å². The maximum Gasteiger partial charge on any atom is 0.217 e. The van der Waals surface area contributed by atoms with Crippen molar-refractivity contribution in [3.05, 3.63) is 53.6 Å². The molecule has 1 aliphatic rings. The van der Waals surface area contributed by atoms with Crippen LogP contribution in [0.2, 0.25) is 0 Å². The Hall–Kier alpha value is -2.58. The number of aryl methyl sites for hydroxylation is 1. The number of piperidine rings is 1. The molecule has 3 heterocycles. The van der Waals surface area contributed by atoms with Crippen molar-refractivity contribution in [3.8, 4) is 5.88 Å². The summed E-state index contributed by atoms with van der Waals surface area (Å²) in [6.45, 7) is 3.89. The van der Waals surface area contributed by atoms with E-state index in [2.05, 4.69) is 24.6 Å². The lowest BCUT2D eigenvalue weighted by molar-refractivity contribution is 0.159. The third kappa shape index (κ3) is 4.94. The molecule has 30 heavy (non-hydrogen) atoms. The molecule has 1 fully saturated rings. The summed E-state index contributed by atoms with van der Waals surface area (Å²) in [7, 11) is -2.24. The third-order valence-electron chi connectivity index (χ3n) is 5.06. The van der Waals surface area contributed by atoms with E-state index in [1.165, 1.54) is 0 Å². The van der Waals surface area contributed by atoms with E-state index >= 15 is 0 Å². The van der Waals surface area contributed by atoms with Gasteiger partial charge in [0.25, 0.3) is 0 Å². The third-order valence-corrected chi connectivity index (χ3v) is 5.71. The van der Waals surface area contributed by atoms with Crippen molar-refractivity contribution in [1.29, 1.82) is 0 Å². The van der Waals surface area contributed by atoms with Gasteiger partial charge in [0.1, 0.15) is 12.4 Å². The molecule has 0 unspecified atom stereocenters. The van der Waals surface area contributed by atoms with Crippen LogP contribution in [0.1, 0.15) is 29.7 Å². The predicted octanol–water partition coefficient (Wildman–Crippen LogP) is 3.41. The molecule has 1 N–H and O–H groups in total. The Kier molecular flexibility index (Phi) is 5.97. The average Bonchev–Trinajstić information content (AvgIpc) is 2.69. The molecule has 1 aromatic carbocycles. The summed E-state index contributed by atoms with van der Waals surface area (Å²) >= 11 is 0. The van der Waals surface area contributed by atoms with E-state index in [4.69, 9.17) is 4.74 Å². The van der Waals surface area contributed by atoms with E-state index in [0.717, 1.165) is 53.7 Å². The zero-order valence-corrected chi connectivity index (χ0v) is 18.4. The zero-order chi connectivity index (χ0) is 21.1. The summed E-state index contributed by atoms with van der Waals surface area (Å²) in [5.41, 5.74) is 4.40. The number of ether oxygens (including phenoxy) is 1. The molecule has 4 rings (SSSR count). The Labute approximate surface area is 177 Å². The van der Waals surface area contributed by atoms with Crippen molar-refractivity contribution in [1.82, 2.24) is 20.3 Å². The monoisotopic (exact) mass is 425 g/mol. The highest BCUT2D eigenvalue weighted by Gasteiger charge is 2.18. The largest absolute Gasteiger partial charge is 0.473 e. The topological polar surface area (TPSA) is 89.4 Å². The first-order chi connectivity index (χ1) is 14.4. The van der Waals surface area contributed by atoms with Crippen LogP contribution in [0.15, 0.2) is 41.2 Å². The van der Waals surface area contributed by atoms with E-state index < -0.39 is 9.73 Å². The quantitative estimate of drug-likeness (QED) is 0.674. The molecule has 0 bridgehead atoms. The molecule has 3 aromatic rings. The van der Waals surface area contributed by atoms with Crippen molar-refractivity contribution in [2.24, 2.45) is 4.36 Å². The van der Waals surface area contributed by atoms with Crippen LogP contribution in [-0.2, 0) is 16.1 Å². The van der Waals surface area contributed by atoms with Gasteiger partial charge in [-0.1, -0.05) is 6.07 Å². The molecule has 0 radical (unpaired) electrons. The number of benzene rings is 1. The second-order valence-electron chi connectivity index (χ2n) is 7.98. The molecule has 158 valence electrons. The van der Waals surface area contributed by atoms with Crippen LogP contribution in [0.25, 0.3) is 10.9 Å². The average molecular weight is 426 g/mol. The fourth-order valence-electron chi connectivity index (χ4n) is 3.82. The minimum Gasteiger partial charge on any atom is -0.473 e. The second-order valence-corrected chi connectivity index (χ2v) is 10.5. The van der Waals surface area contributed by atoms with Crippen molar-refractivity contribution in [3.63, 3.8) is 0 Å². The van der Waals surface area contributed by atoms with Crippen LogP contribution >= 0.6 is 0 Å². The summed E-state index contributed by atoms with van der Waals surface area (Å²) in [4.78, 5) is 13.5. The summed E-state index contributed by atoms with van der Waals surface area (Å²) in [6.07, 6.45) is 9.46. The first kappa shape index (κ1) is 20.7. The fraction of sp³-hybridized carbons (Fsp3) is 0.409. The van der Waals surface area contributed by atoms with Gasteiger partial charge in [-0.3, -0.25) is 0 Å². The standard InChI is InChI=1S/C22H27N5O2S/c1-15-10-17(27-30(2,3)28)12-20-21(15)19(25-14-26-20)11-16-6-4-9-24-22(16)29-18-7-5-8-23-13-18/h4,6,9-10,12,14,18,23H,5,7-8,11,13H2,1-3H3/t18-/m1/s1. The normalized spacial score (nSPS) is 17.1. The van der Waals surface area contributed by atoms with Gasteiger partial charge in [-0.15, -0.1) is 0 Å². The Morgan fingerprint density at radius 2 is 2.13 bits per heavy atom. The lowest BCUT2D eigenvalue weighted by Gasteiger charge is -2.24. The summed E-state index contributed by atoms with van der Waals surface area (Å²) < 4.78 is 22.6. The van der Waals surface area contributed by atoms with E-state index in [1.54, 1.807) is 25.0 Å². The van der Waals surface area contributed by atoms with E-state index in [9.17, 15) is 4.21 Å². The van der Waals surface area contributed by atoms with Crippen LogP contribution in [0.3, 0.4) is 0 Å². The highest BCUT2D eigenvalue weighted by Crippen LogP contribution is 2.29. The van der Waals surface area contributed by atoms with Crippen molar-refractivity contribution in [2.45, 2.75) is 32.3 Å². The summed E-state index contributed by atoms with van der Waals surface area (Å²) in [6, 6.07) is 7.77. The van der Waals surface area contributed by atoms with Crippen LogP contribution in [-0.4, -0.2) is 50.9 Å². The molecule has 8 heteroatoms. The number of hydrogen-bond acceptors (Lipinski definition) is 7. The van der Waals surface area contributed by atoms with Gasteiger partial charge in [-0.25, -0.2) is 19.2 Å². The molecule has 1 atom stereocenters. The zero-order valence-electron chi connectivity index (χ0n) is 17.6. The summed E-state index contributed by atoms with van der Waals surface area (Å²) in [5.74, 6) is 0.666. The van der Waals surface area contributed by atoms with E-state index in [0.29, 0.717) is 18.0 Å². The number of aromatic nitrogens is 3. The first-order valence-corrected chi connectivity index (χ1v) is 12.4. The highest BCUT2D eigenvalue weighted by molar-refractivity contribution is 7.92. The van der Waals surface area contributed by atoms with Gasteiger partial charge in [0, 0.05) is 52.4 Å². The van der Waals surface area contributed by atoms with Crippen LogP contribution in [0.5, 0.6) is 5.88 Å². The number of nitrogens with zero attached hydrogens (tertiary/aromatic N) is 4. The number of rotatable bonds is 5. The van der Waals surface area contributed by atoms with E-state index in [-0.39, 0.29) is 6.10 Å². The second kappa shape index (κ2) is 8.65. The fourth-order valence-corrected chi connectivity index (χ4v) is 4.43. The Morgan fingerprint density at radius 3 is 2.90 bits per heavy atom. The van der Waals surface area contributed by atoms with Crippen LogP contribution in [0, 0.1) is 6.92 Å². The molecule has 0 aliphatic carbocycles.